The summed E-state index contributed by atoms with van der Waals surface area (Å²) in [5.41, 5.74) is 3.71. The van der Waals surface area contributed by atoms with Gasteiger partial charge in [0.05, 0.1) is 16.7 Å². The number of Topliss-reactive ketones (excluding diaryl/α,β-unsaturated/α-hetero) is 2. The van der Waals surface area contributed by atoms with Crippen LogP contribution in [0, 0.1) is 0 Å². The predicted octanol–water partition coefficient (Wildman–Crippen LogP) is 8.68. The first-order valence-electron chi connectivity index (χ1n) is 14.7. The molecule has 1 heterocycles. The highest BCUT2D eigenvalue weighted by Gasteiger charge is 2.42. The number of benzene rings is 3. The van der Waals surface area contributed by atoms with E-state index in [0.717, 1.165) is 24.0 Å². The van der Waals surface area contributed by atoms with Crippen molar-refractivity contribution in [2.45, 2.75) is 64.6 Å². The summed E-state index contributed by atoms with van der Waals surface area (Å²) in [5, 5.41) is 0.607. The van der Waals surface area contributed by atoms with Gasteiger partial charge in [-0.3, -0.25) is 9.59 Å². The van der Waals surface area contributed by atoms with Crippen LogP contribution in [-0.2, 0) is 27.5 Å². The second-order valence-electron chi connectivity index (χ2n) is 10.9. The maximum Gasteiger partial charge on any atom is 0.163 e. The van der Waals surface area contributed by atoms with Crippen LogP contribution in [0.1, 0.15) is 68.1 Å². The Balaban J connectivity index is 1.24. The van der Waals surface area contributed by atoms with Crippen molar-refractivity contribution in [3.05, 3.63) is 110 Å². The molecule has 43 heavy (non-hydrogen) atoms. The molecule has 0 spiro atoms. The van der Waals surface area contributed by atoms with Crippen LogP contribution in [0.4, 0.5) is 0 Å². The monoisotopic (exact) mass is 618 g/mol. The quantitative estimate of drug-likeness (QED) is 0.239. The predicted molar refractivity (Wildman–Crippen MR) is 165 cm³/mol. The molecule has 0 N–H and O–H groups in total. The lowest BCUT2D eigenvalue weighted by Crippen LogP contribution is -2.30. The zero-order valence-electron chi connectivity index (χ0n) is 23.9. The fourth-order valence-corrected chi connectivity index (χ4v) is 6.57. The lowest BCUT2D eigenvalue weighted by Gasteiger charge is -2.36. The Labute approximate surface area is 261 Å². The average Bonchev–Trinajstić information content (AvgIpc) is 3.00. The number of carbonyl (C=O) groups is 2. The highest BCUT2D eigenvalue weighted by atomic mass is 35.5. The fourth-order valence-electron chi connectivity index (χ4n) is 5.96. The molecule has 0 aromatic heterocycles. The minimum atomic E-state index is -0.541. The van der Waals surface area contributed by atoms with Crippen LogP contribution in [0.5, 0.6) is 17.2 Å². The van der Waals surface area contributed by atoms with Gasteiger partial charge < -0.3 is 18.9 Å². The van der Waals surface area contributed by atoms with Crippen molar-refractivity contribution in [3.8, 4) is 17.2 Å². The number of halogens is 2. The van der Waals surface area contributed by atoms with Gasteiger partial charge in [-0.05, 0) is 60.7 Å². The van der Waals surface area contributed by atoms with Crippen LogP contribution in [0.15, 0.2) is 83.3 Å². The standard InChI is InChI=1S/C35H32Cl2O6/c1-2-40-31-16-22(14-15-28(31)41-19-21-8-4-3-5-9-21)20-42-35-24(36)17-23(18-25(35)37)32-33-26(38)10-6-12-29(33)43-30-13-7-11-27(39)34(30)32/h3-5,8-9,14-18,32H,2,6-7,10-13,19-20H2,1H3. The smallest absolute Gasteiger partial charge is 0.163 e. The van der Waals surface area contributed by atoms with Crippen molar-refractivity contribution in [2.75, 3.05) is 6.61 Å². The second kappa shape index (κ2) is 12.9. The first-order chi connectivity index (χ1) is 20.9. The molecular formula is C35H32Cl2O6. The summed E-state index contributed by atoms with van der Waals surface area (Å²) in [6.07, 6.45) is 3.67. The molecule has 0 bridgehead atoms. The number of hydrogen-bond donors (Lipinski definition) is 0. The molecule has 8 heteroatoms. The summed E-state index contributed by atoms with van der Waals surface area (Å²) < 4.78 is 24.1. The van der Waals surface area contributed by atoms with Gasteiger partial charge in [-0.25, -0.2) is 0 Å². The number of hydrogen-bond acceptors (Lipinski definition) is 6. The molecule has 3 aromatic rings. The summed E-state index contributed by atoms with van der Waals surface area (Å²) in [6, 6.07) is 19.1. The van der Waals surface area contributed by atoms with Crippen molar-refractivity contribution in [2.24, 2.45) is 0 Å². The van der Waals surface area contributed by atoms with Gasteiger partial charge in [-0.1, -0.05) is 59.6 Å². The Hall–Kier alpha value is -3.74. The van der Waals surface area contributed by atoms with E-state index in [9.17, 15) is 9.59 Å². The van der Waals surface area contributed by atoms with Crippen molar-refractivity contribution in [1.82, 2.24) is 0 Å². The lowest BCUT2D eigenvalue weighted by atomic mass is 9.73. The van der Waals surface area contributed by atoms with Gasteiger partial charge in [0.2, 0.25) is 0 Å². The maximum atomic E-state index is 13.1. The van der Waals surface area contributed by atoms with Crippen LogP contribution >= 0.6 is 23.2 Å². The van der Waals surface area contributed by atoms with Gasteiger partial charge in [-0.15, -0.1) is 0 Å². The molecule has 3 aliphatic rings. The number of ketones is 2. The molecule has 0 radical (unpaired) electrons. The Bertz CT molecular complexity index is 1560. The Morgan fingerprint density at radius 3 is 1.98 bits per heavy atom. The highest BCUT2D eigenvalue weighted by molar-refractivity contribution is 6.37. The fraction of sp³-hybridized carbons (Fsp3) is 0.314. The van der Waals surface area contributed by atoms with Crippen molar-refractivity contribution in [1.29, 1.82) is 0 Å². The molecule has 0 saturated carbocycles. The number of carbonyl (C=O) groups excluding carboxylic acids is 2. The van der Waals surface area contributed by atoms with Crippen LogP contribution in [0.3, 0.4) is 0 Å². The molecule has 0 atom stereocenters. The van der Waals surface area contributed by atoms with Gasteiger partial charge in [0, 0.05) is 42.7 Å². The van der Waals surface area contributed by atoms with Crippen LogP contribution in [0.2, 0.25) is 10.0 Å². The van der Waals surface area contributed by atoms with E-state index in [1.165, 1.54) is 0 Å². The third-order valence-electron chi connectivity index (χ3n) is 7.92. The van der Waals surface area contributed by atoms with E-state index in [1.54, 1.807) is 12.1 Å². The first-order valence-corrected chi connectivity index (χ1v) is 15.4. The van der Waals surface area contributed by atoms with Gasteiger partial charge in [0.1, 0.15) is 24.7 Å². The molecule has 222 valence electrons. The summed E-state index contributed by atoms with van der Waals surface area (Å²) in [4.78, 5) is 26.2. The summed E-state index contributed by atoms with van der Waals surface area (Å²) in [6.45, 7) is 3.02. The Kier molecular flexibility index (Phi) is 8.78. The summed E-state index contributed by atoms with van der Waals surface area (Å²) in [5.74, 6) is 2.40. The van der Waals surface area contributed by atoms with Crippen LogP contribution < -0.4 is 14.2 Å². The molecule has 6 nitrogen and oxygen atoms in total. The van der Waals surface area contributed by atoms with E-state index in [4.69, 9.17) is 42.1 Å². The van der Waals surface area contributed by atoms with Gasteiger partial charge in [0.15, 0.2) is 28.8 Å². The Morgan fingerprint density at radius 2 is 1.35 bits per heavy atom. The zero-order chi connectivity index (χ0) is 29.9. The second-order valence-corrected chi connectivity index (χ2v) is 11.7. The van der Waals surface area contributed by atoms with E-state index in [2.05, 4.69) is 0 Å². The topological polar surface area (TPSA) is 71.1 Å². The molecular weight excluding hydrogens is 587 g/mol. The van der Waals surface area contributed by atoms with E-state index >= 15 is 0 Å². The normalized spacial score (nSPS) is 16.9. The highest BCUT2D eigenvalue weighted by Crippen LogP contribution is 2.49. The number of ether oxygens (including phenoxy) is 4. The molecule has 1 aliphatic heterocycles. The first kappa shape index (κ1) is 29.3. The van der Waals surface area contributed by atoms with Gasteiger partial charge in [-0.2, -0.15) is 0 Å². The van der Waals surface area contributed by atoms with Gasteiger partial charge in [0.25, 0.3) is 0 Å². The van der Waals surface area contributed by atoms with E-state index in [0.29, 0.717) is 94.4 Å². The number of rotatable bonds is 9. The molecule has 0 saturated heterocycles. The molecule has 2 aliphatic carbocycles. The third kappa shape index (κ3) is 6.17. The zero-order valence-corrected chi connectivity index (χ0v) is 25.4. The lowest BCUT2D eigenvalue weighted by molar-refractivity contribution is -0.117. The minimum absolute atomic E-state index is 0.00467. The van der Waals surface area contributed by atoms with Crippen LogP contribution in [-0.4, -0.2) is 18.2 Å². The Morgan fingerprint density at radius 1 is 0.721 bits per heavy atom. The molecule has 3 aromatic carbocycles. The largest absolute Gasteiger partial charge is 0.490 e. The molecule has 0 amide bonds. The van der Waals surface area contributed by atoms with Gasteiger partial charge >= 0.3 is 0 Å². The molecule has 6 rings (SSSR count). The van der Waals surface area contributed by atoms with Crippen LogP contribution in [0.25, 0.3) is 0 Å². The van der Waals surface area contributed by atoms with Crippen molar-refractivity contribution < 1.29 is 28.5 Å². The SMILES string of the molecule is CCOc1cc(COc2c(Cl)cc(C3C4=C(CCCC4=O)OC4=C3C(=O)CCC4)cc2Cl)ccc1OCc1ccccc1. The molecule has 0 unspecified atom stereocenters. The molecule has 0 fully saturated rings. The average molecular weight is 620 g/mol. The maximum absolute atomic E-state index is 13.1. The summed E-state index contributed by atoms with van der Waals surface area (Å²) >= 11 is 13.5. The van der Waals surface area contributed by atoms with E-state index in [-0.39, 0.29) is 18.2 Å². The summed E-state index contributed by atoms with van der Waals surface area (Å²) in [7, 11) is 0. The number of allylic oxidation sites excluding steroid dienone is 4. The minimum Gasteiger partial charge on any atom is -0.490 e. The third-order valence-corrected chi connectivity index (χ3v) is 8.48. The van der Waals surface area contributed by atoms with Crippen molar-refractivity contribution in [3.63, 3.8) is 0 Å². The van der Waals surface area contributed by atoms with E-state index < -0.39 is 5.92 Å². The van der Waals surface area contributed by atoms with Crippen molar-refractivity contribution >= 4 is 34.8 Å². The van der Waals surface area contributed by atoms with E-state index in [1.807, 2.05) is 55.5 Å².